The van der Waals surface area contributed by atoms with Crippen molar-refractivity contribution in [2.24, 2.45) is 0 Å². The maximum atomic E-state index is 11.5. The zero-order chi connectivity index (χ0) is 13.4. The van der Waals surface area contributed by atoms with Gasteiger partial charge in [0.25, 0.3) is 0 Å². The monoisotopic (exact) mass is 254 g/mol. The highest BCUT2D eigenvalue weighted by Gasteiger charge is 2.01. The van der Waals surface area contributed by atoms with Crippen molar-refractivity contribution >= 4 is 0 Å². The van der Waals surface area contributed by atoms with E-state index >= 15 is 0 Å². The molecule has 0 aliphatic rings. The Morgan fingerprint density at radius 2 is 1.22 bits per heavy atom. The first-order chi connectivity index (χ1) is 8.58. The van der Waals surface area contributed by atoms with Gasteiger partial charge < -0.3 is 14.9 Å². The van der Waals surface area contributed by atoms with Gasteiger partial charge >= 0.3 is 6.61 Å². The summed E-state index contributed by atoms with van der Waals surface area (Å²) in [5, 5.41) is 17.3. The summed E-state index contributed by atoms with van der Waals surface area (Å²) < 4.78 is 27.1. The molecule has 2 aromatic carbocycles. The molecule has 0 saturated carbocycles. The molecule has 3 nitrogen and oxygen atoms in total. The Hall–Kier alpha value is -2.30. The summed E-state index contributed by atoms with van der Waals surface area (Å²) in [7, 11) is 0. The highest BCUT2D eigenvalue weighted by molar-refractivity contribution is 5.28. The molecule has 0 radical (unpaired) electrons. The molecule has 0 bridgehead atoms. The van der Waals surface area contributed by atoms with Crippen LogP contribution in [0.4, 0.5) is 8.78 Å². The molecule has 0 atom stereocenters. The molecule has 18 heavy (non-hydrogen) atoms. The zero-order valence-electron chi connectivity index (χ0n) is 9.33. The van der Waals surface area contributed by atoms with Gasteiger partial charge in [0.2, 0.25) is 0 Å². The number of rotatable bonds is 2. The number of hydrogen-bond acceptors (Lipinski definition) is 3. The minimum absolute atomic E-state index is 0.169. The second kappa shape index (κ2) is 7.11. The first-order valence-corrected chi connectivity index (χ1v) is 5.06. The van der Waals surface area contributed by atoms with Crippen molar-refractivity contribution in [2.45, 2.75) is 6.61 Å². The third-order valence-electron chi connectivity index (χ3n) is 1.82. The van der Waals surface area contributed by atoms with Gasteiger partial charge in [-0.3, -0.25) is 0 Å². The normalized spacial score (nSPS) is 9.50. The Labute approximate surface area is 103 Å². The summed E-state index contributed by atoms with van der Waals surface area (Å²) in [6, 6.07) is 13.7. The molecule has 0 aliphatic heterocycles. The summed E-state index contributed by atoms with van der Waals surface area (Å²) in [6.07, 6.45) is 0. The number of para-hydroxylation sites is 1. The molecule has 2 N–H and O–H groups in total. The molecule has 0 amide bonds. The summed E-state index contributed by atoms with van der Waals surface area (Å²) >= 11 is 0. The molecule has 0 fully saturated rings. The lowest BCUT2D eigenvalue weighted by Gasteiger charge is -2.01. The first kappa shape index (κ1) is 13.8. The largest absolute Gasteiger partial charge is 0.508 e. The topological polar surface area (TPSA) is 49.7 Å². The second-order valence-corrected chi connectivity index (χ2v) is 3.21. The van der Waals surface area contributed by atoms with E-state index in [2.05, 4.69) is 4.74 Å². The van der Waals surface area contributed by atoms with E-state index in [1.807, 2.05) is 0 Å². The number of halogens is 2. The SMILES string of the molecule is FC(F)Oc1ccccc1.Oc1ccc(O)cc1. The van der Waals surface area contributed by atoms with Crippen molar-refractivity contribution < 1.29 is 23.7 Å². The quantitative estimate of drug-likeness (QED) is 0.808. The molecule has 0 heterocycles. The van der Waals surface area contributed by atoms with Crippen LogP contribution < -0.4 is 4.74 Å². The van der Waals surface area contributed by atoms with Crippen molar-refractivity contribution in [1.29, 1.82) is 0 Å². The summed E-state index contributed by atoms with van der Waals surface area (Å²) in [5.41, 5.74) is 0. The minimum Gasteiger partial charge on any atom is -0.508 e. The highest BCUT2D eigenvalue weighted by atomic mass is 19.3. The molecular formula is C13H12F2O3. The van der Waals surface area contributed by atoms with E-state index < -0.39 is 6.61 Å². The van der Waals surface area contributed by atoms with Crippen molar-refractivity contribution in [2.75, 3.05) is 0 Å². The molecule has 0 saturated heterocycles. The maximum absolute atomic E-state index is 11.5. The fourth-order valence-electron chi connectivity index (χ4n) is 1.05. The lowest BCUT2D eigenvalue weighted by molar-refractivity contribution is -0.0498. The van der Waals surface area contributed by atoms with E-state index in [0.717, 1.165) is 0 Å². The van der Waals surface area contributed by atoms with Crippen LogP contribution in [0.1, 0.15) is 0 Å². The zero-order valence-corrected chi connectivity index (χ0v) is 9.33. The van der Waals surface area contributed by atoms with Crippen LogP contribution in [0.3, 0.4) is 0 Å². The number of phenols is 2. The third kappa shape index (κ3) is 5.69. The number of ether oxygens (including phenoxy) is 1. The lowest BCUT2D eigenvalue weighted by atomic mass is 10.3. The predicted molar refractivity (Wildman–Crippen MR) is 62.8 cm³/mol. The maximum Gasteiger partial charge on any atom is 0.387 e. The van der Waals surface area contributed by atoms with Gasteiger partial charge in [-0.15, -0.1) is 0 Å². The summed E-state index contributed by atoms with van der Waals surface area (Å²) in [5.74, 6) is 0.531. The molecule has 96 valence electrons. The van der Waals surface area contributed by atoms with E-state index in [-0.39, 0.29) is 17.2 Å². The third-order valence-corrected chi connectivity index (χ3v) is 1.82. The summed E-state index contributed by atoms with van der Waals surface area (Å²) in [4.78, 5) is 0. The second-order valence-electron chi connectivity index (χ2n) is 3.21. The van der Waals surface area contributed by atoms with Gasteiger partial charge in [-0.2, -0.15) is 8.78 Å². The van der Waals surface area contributed by atoms with E-state index in [9.17, 15) is 8.78 Å². The van der Waals surface area contributed by atoms with Crippen LogP contribution >= 0.6 is 0 Å². The number of alkyl halides is 2. The van der Waals surface area contributed by atoms with Crippen LogP contribution in [-0.2, 0) is 0 Å². The van der Waals surface area contributed by atoms with E-state index in [1.54, 1.807) is 18.2 Å². The minimum atomic E-state index is -2.73. The fraction of sp³-hybridized carbons (Fsp3) is 0.0769. The van der Waals surface area contributed by atoms with E-state index in [1.165, 1.54) is 36.4 Å². The van der Waals surface area contributed by atoms with Crippen LogP contribution in [0.5, 0.6) is 17.2 Å². The lowest BCUT2D eigenvalue weighted by Crippen LogP contribution is -2.00. The Kier molecular flexibility index (Phi) is 5.44. The molecule has 0 unspecified atom stereocenters. The average molecular weight is 254 g/mol. The molecule has 2 aromatic rings. The Bertz CT molecular complexity index is 423. The van der Waals surface area contributed by atoms with Gasteiger partial charge in [-0.25, -0.2) is 0 Å². The molecule has 5 heteroatoms. The van der Waals surface area contributed by atoms with Gasteiger partial charge in [-0.05, 0) is 36.4 Å². The molecular weight excluding hydrogens is 242 g/mol. The van der Waals surface area contributed by atoms with Gasteiger partial charge in [0.05, 0.1) is 0 Å². The molecule has 2 rings (SSSR count). The molecule has 0 aliphatic carbocycles. The average Bonchev–Trinajstić information content (AvgIpc) is 2.34. The van der Waals surface area contributed by atoms with Crippen LogP contribution in [0.2, 0.25) is 0 Å². The molecule has 0 spiro atoms. The van der Waals surface area contributed by atoms with Crippen LogP contribution in [0, 0.1) is 0 Å². The van der Waals surface area contributed by atoms with Crippen molar-refractivity contribution in [3.63, 3.8) is 0 Å². The Balaban J connectivity index is 0.000000184. The summed E-state index contributed by atoms with van der Waals surface area (Å²) in [6.45, 7) is -2.73. The first-order valence-electron chi connectivity index (χ1n) is 5.06. The number of benzene rings is 2. The van der Waals surface area contributed by atoms with Crippen LogP contribution in [-0.4, -0.2) is 16.8 Å². The van der Waals surface area contributed by atoms with Crippen LogP contribution in [0.25, 0.3) is 0 Å². The van der Waals surface area contributed by atoms with Crippen LogP contribution in [0.15, 0.2) is 54.6 Å². The molecule has 0 aromatic heterocycles. The highest BCUT2D eigenvalue weighted by Crippen LogP contribution is 2.13. The van der Waals surface area contributed by atoms with Gasteiger partial charge in [0.15, 0.2) is 0 Å². The predicted octanol–water partition coefficient (Wildman–Crippen LogP) is 3.39. The van der Waals surface area contributed by atoms with E-state index in [0.29, 0.717) is 0 Å². The Morgan fingerprint density at radius 3 is 1.61 bits per heavy atom. The van der Waals surface area contributed by atoms with Gasteiger partial charge in [0, 0.05) is 0 Å². The number of phenolic OH excluding ortho intramolecular Hbond substituents is 2. The van der Waals surface area contributed by atoms with Gasteiger partial charge in [0.1, 0.15) is 17.2 Å². The number of aromatic hydroxyl groups is 2. The Morgan fingerprint density at radius 1 is 0.778 bits per heavy atom. The smallest absolute Gasteiger partial charge is 0.387 e. The fourth-order valence-corrected chi connectivity index (χ4v) is 1.05. The van der Waals surface area contributed by atoms with E-state index in [4.69, 9.17) is 10.2 Å². The van der Waals surface area contributed by atoms with Crippen molar-refractivity contribution in [1.82, 2.24) is 0 Å². The number of hydrogen-bond donors (Lipinski definition) is 2. The van der Waals surface area contributed by atoms with Crippen molar-refractivity contribution in [3.05, 3.63) is 54.6 Å². The van der Waals surface area contributed by atoms with Crippen molar-refractivity contribution in [3.8, 4) is 17.2 Å². The standard InChI is InChI=1S/C7H6F2O.C6H6O2/c8-7(9)10-6-4-2-1-3-5-6;7-5-1-2-6(8)4-3-5/h1-5,7H;1-4,7-8H. The van der Waals surface area contributed by atoms with Gasteiger partial charge in [-0.1, -0.05) is 18.2 Å².